The predicted octanol–water partition coefficient (Wildman–Crippen LogP) is 1.93. The molecular formula is C9H9ClN2O. The molecule has 1 atom stereocenters. The summed E-state index contributed by atoms with van der Waals surface area (Å²) in [7, 11) is 0. The molecule has 68 valence electrons. The lowest BCUT2D eigenvalue weighted by Gasteiger charge is -1.99. The van der Waals surface area contributed by atoms with Crippen molar-refractivity contribution in [1.29, 1.82) is 0 Å². The molecule has 2 rings (SSSR count). The number of aromatic nitrogens is 2. The molecule has 0 amide bonds. The first-order valence-corrected chi connectivity index (χ1v) is 4.46. The number of rotatable bonds is 1. The van der Waals surface area contributed by atoms with E-state index in [0.29, 0.717) is 5.52 Å². The van der Waals surface area contributed by atoms with Crippen molar-refractivity contribution in [1.82, 2.24) is 9.38 Å². The van der Waals surface area contributed by atoms with Crippen LogP contribution < -0.4 is 5.56 Å². The maximum Gasteiger partial charge on any atom is 0.272 e. The van der Waals surface area contributed by atoms with E-state index in [1.54, 1.807) is 16.8 Å². The van der Waals surface area contributed by atoms with Crippen LogP contribution in [0.15, 0.2) is 29.5 Å². The molecule has 0 bridgehead atoms. The Balaban J connectivity index is 2.87. The lowest BCUT2D eigenvalue weighted by molar-refractivity contribution is 1.06. The van der Waals surface area contributed by atoms with Gasteiger partial charge < -0.3 is 9.38 Å². The fourth-order valence-electron chi connectivity index (χ4n) is 1.42. The minimum atomic E-state index is -0.145. The van der Waals surface area contributed by atoms with Crippen molar-refractivity contribution in [2.24, 2.45) is 0 Å². The van der Waals surface area contributed by atoms with Crippen LogP contribution in [-0.2, 0) is 0 Å². The maximum atomic E-state index is 11.4. The minimum Gasteiger partial charge on any atom is -0.326 e. The van der Waals surface area contributed by atoms with Crippen LogP contribution in [0.3, 0.4) is 0 Å². The number of hydrogen-bond acceptors (Lipinski definition) is 1. The van der Waals surface area contributed by atoms with E-state index < -0.39 is 0 Å². The normalized spacial score (nSPS) is 13.4. The highest BCUT2D eigenvalue weighted by Crippen LogP contribution is 2.22. The second-order valence-corrected chi connectivity index (χ2v) is 3.59. The monoisotopic (exact) mass is 196 g/mol. The van der Waals surface area contributed by atoms with Gasteiger partial charge in [0.1, 0.15) is 5.52 Å². The van der Waals surface area contributed by atoms with Crippen molar-refractivity contribution in [3.05, 3.63) is 40.6 Å². The lowest BCUT2D eigenvalue weighted by Crippen LogP contribution is -2.09. The minimum absolute atomic E-state index is 0.102. The smallest absolute Gasteiger partial charge is 0.272 e. The van der Waals surface area contributed by atoms with Crippen LogP contribution in [0.25, 0.3) is 5.52 Å². The first-order valence-electron chi connectivity index (χ1n) is 4.02. The van der Waals surface area contributed by atoms with Crippen LogP contribution in [0.4, 0.5) is 0 Å². The van der Waals surface area contributed by atoms with Crippen LogP contribution in [0.2, 0.25) is 0 Å². The number of halogens is 1. The van der Waals surface area contributed by atoms with E-state index in [4.69, 9.17) is 11.6 Å². The number of nitrogens with zero attached hydrogens (tertiary/aromatic N) is 1. The number of fused-ring (bicyclic) bond motifs is 1. The molecule has 2 heterocycles. The molecule has 13 heavy (non-hydrogen) atoms. The summed E-state index contributed by atoms with van der Waals surface area (Å²) in [5, 5.41) is -0.145. The lowest BCUT2D eigenvalue weighted by atomic mass is 10.2. The third-order valence-corrected chi connectivity index (χ3v) is 2.27. The number of H-pyrrole nitrogens is 1. The molecule has 0 aromatic carbocycles. The highest BCUT2D eigenvalue weighted by atomic mass is 35.5. The number of nitrogens with one attached hydrogen (secondary N) is 1. The van der Waals surface area contributed by atoms with Crippen molar-refractivity contribution >= 4 is 17.1 Å². The molecule has 3 nitrogen and oxygen atoms in total. The number of aromatic amines is 1. The maximum absolute atomic E-state index is 11.4. The van der Waals surface area contributed by atoms with Crippen molar-refractivity contribution in [3.63, 3.8) is 0 Å². The van der Waals surface area contributed by atoms with Gasteiger partial charge in [-0.2, -0.15) is 0 Å². The van der Waals surface area contributed by atoms with E-state index in [9.17, 15) is 4.79 Å². The Morgan fingerprint density at radius 1 is 1.54 bits per heavy atom. The molecule has 0 saturated heterocycles. The van der Waals surface area contributed by atoms with Gasteiger partial charge in [0, 0.05) is 24.2 Å². The van der Waals surface area contributed by atoms with E-state index in [2.05, 4.69) is 4.98 Å². The van der Waals surface area contributed by atoms with E-state index >= 15 is 0 Å². The van der Waals surface area contributed by atoms with E-state index in [-0.39, 0.29) is 10.9 Å². The van der Waals surface area contributed by atoms with Crippen LogP contribution >= 0.6 is 11.6 Å². The quantitative estimate of drug-likeness (QED) is 0.696. The Bertz CT molecular complexity index is 484. The molecule has 0 aliphatic rings. The van der Waals surface area contributed by atoms with Gasteiger partial charge in [-0.1, -0.05) is 0 Å². The van der Waals surface area contributed by atoms with Crippen LogP contribution in [-0.4, -0.2) is 9.38 Å². The zero-order valence-corrected chi connectivity index (χ0v) is 7.88. The summed E-state index contributed by atoms with van der Waals surface area (Å²) in [6.45, 7) is 1.85. The molecule has 0 aliphatic heterocycles. The van der Waals surface area contributed by atoms with Crippen molar-refractivity contribution < 1.29 is 0 Å². The Morgan fingerprint density at radius 2 is 2.31 bits per heavy atom. The Kier molecular flexibility index (Phi) is 1.88. The van der Waals surface area contributed by atoms with Gasteiger partial charge in [0.25, 0.3) is 5.56 Å². The fourth-order valence-corrected chi connectivity index (χ4v) is 1.59. The van der Waals surface area contributed by atoms with E-state index in [1.165, 1.54) is 0 Å². The summed E-state index contributed by atoms with van der Waals surface area (Å²) >= 11 is 5.93. The molecule has 0 saturated carbocycles. The molecule has 2 aromatic rings. The molecule has 4 heteroatoms. The van der Waals surface area contributed by atoms with Crippen LogP contribution in [0.1, 0.15) is 17.9 Å². The summed E-state index contributed by atoms with van der Waals surface area (Å²) in [5.74, 6) is 0. The van der Waals surface area contributed by atoms with Gasteiger partial charge in [-0.25, -0.2) is 0 Å². The van der Waals surface area contributed by atoms with Crippen molar-refractivity contribution in [2.75, 3.05) is 0 Å². The molecular weight excluding hydrogens is 188 g/mol. The molecule has 0 spiro atoms. The average molecular weight is 197 g/mol. The Labute approximate surface area is 80.0 Å². The second kappa shape index (κ2) is 2.92. The number of hydrogen-bond donors (Lipinski definition) is 1. The largest absolute Gasteiger partial charge is 0.326 e. The summed E-state index contributed by atoms with van der Waals surface area (Å²) in [5.41, 5.74) is 1.39. The Morgan fingerprint density at radius 3 is 3.00 bits per heavy atom. The van der Waals surface area contributed by atoms with Gasteiger partial charge in [0.2, 0.25) is 0 Å². The standard InChI is InChI=1S/C9H9ClN2O/c1-6(10)7-2-4-12-5-3-11-9(13)8(7)12/h2-6H,1H3,(H,11,13). The summed E-state index contributed by atoms with van der Waals surface area (Å²) in [6, 6.07) is 1.86. The molecule has 0 radical (unpaired) electrons. The average Bonchev–Trinajstić information content (AvgIpc) is 2.49. The third-order valence-electron chi connectivity index (χ3n) is 2.04. The first-order chi connectivity index (χ1) is 6.20. The van der Waals surface area contributed by atoms with Crippen molar-refractivity contribution in [2.45, 2.75) is 12.3 Å². The van der Waals surface area contributed by atoms with Gasteiger partial charge in [-0.05, 0) is 13.0 Å². The molecule has 0 fully saturated rings. The topological polar surface area (TPSA) is 37.3 Å². The van der Waals surface area contributed by atoms with Gasteiger partial charge in [0.15, 0.2) is 0 Å². The Hall–Kier alpha value is -1.22. The summed E-state index contributed by atoms with van der Waals surface area (Å²) < 4.78 is 1.77. The highest BCUT2D eigenvalue weighted by Gasteiger charge is 2.09. The molecule has 0 aliphatic carbocycles. The fraction of sp³-hybridized carbons (Fsp3) is 0.222. The zero-order valence-electron chi connectivity index (χ0n) is 7.12. The summed E-state index contributed by atoms with van der Waals surface area (Å²) in [6.07, 6.45) is 5.23. The van der Waals surface area contributed by atoms with E-state index in [0.717, 1.165) is 5.56 Å². The van der Waals surface area contributed by atoms with Crippen LogP contribution in [0, 0.1) is 0 Å². The number of alkyl halides is 1. The molecule has 2 aromatic heterocycles. The van der Waals surface area contributed by atoms with Gasteiger partial charge in [-0.3, -0.25) is 4.79 Å². The second-order valence-electron chi connectivity index (χ2n) is 2.93. The summed E-state index contributed by atoms with van der Waals surface area (Å²) in [4.78, 5) is 14.1. The zero-order chi connectivity index (χ0) is 9.42. The van der Waals surface area contributed by atoms with Gasteiger partial charge in [0.05, 0.1) is 5.38 Å². The van der Waals surface area contributed by atoms with E-state index in [1.807, 2.05) is 19.2 Å². The van der Waals surface area contributed by atoms with Gasteiger partial charge in [-0.15, -0.1) is 11.6 Å². The molecule has 1 N–H and O–H groups in total. The molecule has 1 unspecified atom stereocenters. The van der Waals surface area contributed by atoms with Gasteiger partial charge >= 0.3 is 0 Å². The third kappa shape index (κ3) is 1.25. The SMILES string of the molecule is CC(Cl)c1ccn2cc[nH]c(=O)c12. The highest BCUT2D eigenvalue weighted by molar-refractivity contribution is 6.21. The van der Waals surface area contributed by atoms with Crippen LogP contribution in [0.5, 0.6) is 0 Å². The van der Waals surface area contributed by atoms with Crippen molar-refractivity contribution in [3.8, 4) is 0 Å². The predicted molar refractivity (Wildman–Crippen MR) is 52.3 cm³/mol. The first kappa shape index (κ1) is 8.38.